The van der Waals surface area contributed by atoms with Crippen molar-refractivity contribution in [2.24, 2.45) is 0 Å². The number of carbonyl (C=O) groups is 2. The van der Waals surface area contributed by atoms with Gasteiger partial charge in [-0.15, -0.1) is 0 Å². The van der Waals surface area contributed by atoms with Crippen LogP contribution in [0.25, 0.3) is 10.9 Å². The van der Waals surface area contributed by atoms with E-state index < -0.39 is 0 Å². The van der Waals surface area contributed by atoms with Gasteiger partial charge in [0.05, 0.1) is 12.1 Å². The average molecular weight is 297 g/mol. The Labute approximate surface area is 128 Å². The molecule has 2 amide bonds. The van der Waals surface area contributed by atoms with Gasteiger partial charge in [-0.2, -0.15) is 0 Å². The van der Waals surface area contributed by atoms with Gasteiger partial charge >= 0.3 is 0 Å². The third-order valence-electron chi connectivity index (χ3n) is 5.12. The van der Waals surface area contributed by atoms with Crippen molar-refractivity contribution >= 4 is 22.7 Å². The Balaban J connectivity index is 1.61. The molecule has 2 aliphatic heterocycles. The average Bonchev–Trinajstić information content (AvgIpc) is 3.16. The van der Waals surface area contributed by atoms with Crippen LogP contribution in [-0.2, 0) is 4.79 Å². The van der Waals surface area contributed by atoms with Crippen LogP contribution in [0.5, 0.6) is 0 Å². The summed E-state index contributed by atoms with van der Waals surface area (Å²) in [5.74, 6) is 0.280. The van der Waals surface area contributed by atoms with Crippen LogP contribution < -0.4 is 0 Å². The second-order valence-electron chi connectivity index (χ2n) is 6.24. The summed E-state index contributed by atoms with van der Waals surface area (Å²) in [6.07, 6.45) is 4.09. The number of H-pyrrole nitrogens is 1. The first-order chi connectivity index (χ1) is 10.6. The molecule has 1 aromatic carbocycles. The largest absolute Gasteiger partial charge is 0.361 e. The maximum atomic E-state index is 12.9. The smallest absolute Gasteiger partial charge is 0.254 e. The van der Waals surface area contributed by atoms with E-state index >= 15 is 0 Å². The molecular weight excluding hydrogens is 278 g/mol. The van der Waals surface area contributed by atoms with Gasteiger partial charge in [0.2, 0.25) is 5.91 Å². The zero-order chi connectivity index (χ0) is 15.3. The summed E-state index contributed by atoms with van der Waals surface area (Å²) in [6.45, 7) is 0.733. The SMILES string of the molecule is CN1C(=O)CCC2C1CCN2C(=O)c1ccc2[nH]ccc2c1. The molecule has 2 saturated heterocycles. The number of likely N-dealkylation sites (tertiary alicyclic amines) is 2. The number of amides is 2. The molecule has 114 valence electrons. The molecule has 3 heterocycles. The maximum absolute atomic E-state index is 12.9. The number of nitrogens with zero attached hydrogens (tertiary/aromatic N) is 2. The van der Waals surface area contributed by atoms with Crippen LogP contribution in [0.2, 0.25) is 0 Å². The van der Waals surface area contributed by atoms with Gasteiger partial charge in [0.1, 0.15) is 0 Å². The van der Waals surface area contributed by atoms with Gasteiger partial charge < -0.3 is 14.8 Å². The lowest BCUT2D eigenvalue weighted by atomic mass is 9.96. The second-order valence-corrected chi connectivity index (χ2v) is 6.24. The van der Waals surface area contributed by atoms with Gasteiger partial charge in [-0.05, 0) is 37.1 Å². The fourth-order valence-electron chi connectivity index (χ4n) is 3.87. The Bertz CT molecular complexity index is 751. The van der Waals surface area contributed by atoms with Gasteiger partial charge in [0, 0.05) is 42.7 Å². The zero-order valence-electron chi connectivity index (χ0n) is 12.6. The van der Waals surface area contributed by atoms with E-state index in [1.807, 2.05) is 47.3 Å². The number of rotatable bonds is 1. The van der Waals surface area contributed by atoms with Crippen molar-refractivity contribution in [1.82, 2.24) is 14.8 Å². The number of aromatic amines is 1. The van der Waals surface area contributed by atoms with Crippen LogP contribution in [0.4, 0.5) is 0 Å². The van der Waals surface area contributed by atoms with Crippen LogP contribution in [0.3, 0.4) is 0 Å². The molecule has 5 heteroatoms. The minimum Gasteiger partial charge on any atom is -0.361 e. The molecule has 0 radical (unpaired) electrons. The van der Waals surface area contributed by atoms with Crippen LogP contribution in [0.1, 0.15) is 29.6 Å². The highest BCUT2D eigenvalue weighted by Crippen LogP contribution is 2.31. The Morgan fingerprint density at radius 3 is 2.95 bits per heavy atom. The summed E-state index contributed by atoms with van der Waals surface area (Å²) in [5, 5.41) is 1.05. The molecular formula is C17H19N3O2. The fraction of sp³-hybridized carbons (Fsp3) is 0.412. The van der Waals surface area contributed by atoms with E-state index in [4.69, 9.17) is 0 Å². The molecule has 2 fully saturated rings. The van der Waals surface area contributed by atoms with E-state index in [0.29, 0.717) is 6.42 Å². The number of carbonyl (C=O) groups excluding carboxylic acids is 2. The molecule has 1 aromatic heterocycles. The molecule has 2 aromatic rings. The quantitative estimate of drug-likeness (QED) is 0.875. The van der Waals surface area contributed by atoms with E-state index in [0.717, 1.165) is 35.9 Å². The Hall–Kier alpha value is -2.30. The molecule has 0 spiro atoms. The van der Waals surface area contributed by atoms with Gasteiger partial charge in [-0.25, -0.2) is 0 Å². The van der Waals surface area contributed by atoms with Crippen molar-refractivity contribution in [2.45, 2.75) is 31.3 Å². The Morgan fingerprint density at radius 1 is 1.23 bits per heavy atom. The predicted octanol–water partition coefficient (Wildman–Crippen LogP) is 2.00. The number of aromatic nitrogens is 1. The molecule has 2 atom stereocenters. The lowest BCUT2D eigenvalue weighted by molar-refractivity contribution is -0.135. The number of nitrogens with one attached hydrogen (secondary N) is 1. The van der Waals surface area contributed by atoms with Crippen LogP contribution >= 0.6 is 0 Å². The topological polar surface area (TPSA) is 56.4 Å². The van der Waals surface area contributed by atoms with E-state index in [9.17, 15) is 9.59 Å². The van der Waals surface area contributed by atoms with Gasteiger partial charge in [0.25, 0.3) is 5.91 Å². The molecule has 0 bridgehead atoms. The number of likely N-dealkylation sites (N-methyl/N-ethyl adjacent to an activating group) is 1. The number of piperidine rings is 1. The third-order valence-corrected chi connectivity index (χ3v) is 5.12. The van der Waals surface area contributed by atoms with Crippen molar-refractivity contribution in [3.8, 4) is 0 Å². The van der Waals surface area contributed by atoms with Crippen LogP contribution in [0.15, 0.2) is 30.5 Å². The summed E-state index contributed by atoms with van der Waals surface area (Å²) >= 11 is 0. The van der Waals surface area contributed by atoms with Crippen molar-refractivity contribution in [3.05, 3.63) is 36.0 Å². The van der Waals surface area contributed by atoms with Crippen molar-refractivity contribution in [3.63, 3.8) is 0 Å². The number of hydrogen-bond donors (Lipinski definition) is 1. The highest BCUT2D eigenvalue weighted by molar-refractivity contribution is 5.98. The lowest BCUT2D eigenvalue weighted by Crippen LogP contribution is -2.51. The maximum Gasteiger partial charge on any atom is 0.254 e. The summed E-state index contributed by atoms with van der Waals surface area (Å²) in [7, 11) is 1.86. The van der Waals surface area contributed by atoms with Crippen molar-refractivity contribution in [2.75, 3.05) is 13.6 Å². The number of fused-ring (bicyclic) bond motifs is 2. The molecule has 1 N–H and O–H groups in total. The lowest BCUT2D eigenvalue weighted by Gasteiger charge is -2.37. The molecule has 2 unspecified atom stereocenters. The van der Waals surface area contributed by atoms with Gasteiger partial charge in [0.15, 0.2) is 0 Å². The van der Waals surface area contributed by atoms with Crippen molar-refractivity contribution < 1.29 is 9.59 Å². The third kappa shape index (κ3) is 1.92. The second kappa shape index (κ2) is 4.87. The summed E-state index contributed by atoms with van der Waals surface area (Å²) in [6, 6.07) is 8.10. The Morgan fingerprint density at radius 2 is 2.09 bits per heavy atom. The standard InChI is InChI=1S/C17H19N3O2/c1-19-14-7-9-20(15(14)4-5-16(19)21)17(22)12-2-3-13-11(10-12)6-8-18-13/h2-3,6,8,10,14-15,18H,4-5,7,9H2,1H3. The summed E-state index contributed by atoms with van der Waals surface area (Å²) < 4.78 is 0. The summed E-state index contributed by atoms with van der Waals surface area (Å²) in [4.78, 5) is 31.6. The van der Waals surface area contributed by atoms with E-state index in [1.165, 1.54) is 0 Å². The molecule has 0 aliphatic carbocycles. The minimum absolute atomic E-state index is 0.0818. The fourth-order valence-corrected chi connectivity index (χ4v) is 3.87. The number of hydrogen-bond acceptors (Lipinski definition) is 2. The summed E-state index contributed by atoms with van der Waals surface area (Å²) in [5.41, 5.74) is 1.77. The highest BCUT2D eigenvalue weighted by Gasteiger charge is 2.43. The van der Waals surface area contributed by atoms with E-state index in [-0.39, 0.29) is 23.9 Å². The Kier molecular flexibility index (Phi) is 2.96. The van der Waals surface area contributed by atoms with Gasteiger partial charge in [-0.3, -0.25) is 9.59 Å². The normalized spacial score (nSPS) is 24.9. The number of benzene rings is 1. The zero-order valence-corrected chi connectivity index (χ0v) is 12.6. The predicted molar refractivity (Wildman–Crippen MR) is 83.5 cm³/mol. The van der Waals surface area contributed by atoms with Crippen molar-refractivity contribution in [1.29, 1.82) is 0 Å². The highest BCUT2D eigenvalue weighted by atomic mass is 16.2. The monoisotopic (exact) mass is 297 g/mol. The van der Waals surface area contributed by atoms with E-state index in [1.54, 1.807) is 0 Å². The molecule has 22 heavy (non-hydrogen) atoms. The molecule has 5 nitrogen and oxygen atoms in total. The van der Waals surface area contributed by atoms with Gasteiger partial charge in [-0.1, -0.05) is 0 Å². The first-order valence-electron chi connectivity index (χ1n) is 7.79. The first-order valence-corrected chi connectivity index (χ1v) is 7.79. The molecule has 4 rings (SSSR count). The minimum atomic E-state index is 0.0818. The molecule has 2 aliphatic rings. The van der Waals surface area contributed by atoms with Crippen LogP contribution in [-0.4, -0.2) is 52.3 Å². The first kappa shape index (κ1) is 13.4. The van der Waals surface area contributed by atoms with E-state index in [2.05, 4.69) is 4.98 Å². The van der Waals surface area contributed by atoms with Crippen LogP contribution in [0, 0.1) is 0 Å². The molecule has 0 saturated carbocycles.